The topological polar surface area (TPSA) is 416 Å². The van der Waals surface area contributed by atoms with Crippen molar-refractivity contribution in [1.82, 2.24) is 51.3 Å². The number of carbonyl (C=O) groups excluding carboxylic acids is 9. The summed E-state index contributed by atoms with van der Waals surface area (Å²) in [6.45, 7) is 11.2. The lowest BCUT2D eigenvalue weighted by Gasteiger charge is -2.27. The number of ketones is 5. The lowest BCUT2D eigenvalue weighted by molar-refractivity contribution is -0.144. The molecule has 26 nitrogen and oxygen atoms in total. The highest BCUT2D eigenvalue weighted by atomic mass is 16.4. The van der Waals surface area contributed by atoms with Crippen molar-refractivity contribution in [3.8, 4) is 0 Å². The van der Waals surface area contributed by atoms with Gasteiger partial charge in [0, 0.05) is 76.8 Å². The molecule has 1 unspecified atom stereocenters. The maximum Gasteiger partial charge on any atom is 0.326 e. The van der Waals surface area contributed by atoms with Gasteiger partial charge in [-0.25, -0.2) is 14.2 Å². The van der Waals surface area contributed by atoms with Crippen LogP contribution in [0.25, 0.3) is 0 Å². The molecule has 4 aromatic rings. The Morgan fingerprint density at radius 1 is 0.484 bits per heavy atom. The molecule has 12 N–H and O–H groups in total. The zero-order valence-corrected chi connectivity index (χ0v) is 54.8. The average molecular weight is 1290 g/mol. The van der Waals surface area contributed by atoms with E-state index in [2.05, 4.69) is 41.9 Å². The molecule has 0 saturated carbocycles. The van der Waals surface area contributed by atoms with Crippen LogP contribution in [0.1, 0.15) is 167 Å². The molecule has 26 heteroatoms. The number of aryl methyl sites for hydroxylation is 2. The van der Waals surface area contributed by atoms with Gasteiger partial charge in [0.25, 0.3) is 0 Å². The molecule has 4 amide bonds. The van der Waals surface area contributed by atoms with Gasteiger partial charge in [0.05, 0.1) is 59.9 Å². The molecule has 0 aliphatic carbocycles. The van der Waals surface area contributed by atoms with Gasteiger partial charge in [-0.15, -0.1) is 10.2 Å². The molecular formula is C67H99N13O13. The molecule has 2 aromatic heterocycles. The molecule has 0 saturated heterocycles. The first kappa shape index (κ1) is 77.2. The standard InChI is InChI=1S/C67H99N13O13/c1-42(2)31-49(36-61(85)57(32-43(3)4)74-63(87)27-26-59(83)54(70)39-52-41-72-78-80(52)30-18-15-25-56(67(92)93)73-45(6)82)64(88)76-58(34-47-21-11-8-12-22-47)62(86)37-50(33-46-19-9-7-10-20-46)65(89)75-55(24-13-16-28-68)60(84)35-48(66(90)91)23-14-17-29-79-51(40-71-77-79)38-53(69)44(5)81/h7-12,19-22,40-43,48-50,53-58H,13-18,23-39,68-70H2,1-6H3,(H,73,82)(H,74,87)(H,75,89)(H,76,88)(H,90,91)(H,92,93)/t48-,49-,50-,53+,54+,55?,56-,57+,58+/m0/s1. The van der Waals surface area contributed by atoms with Crippen molar-refractivity contribution < 1.29 is 63.0 Å². The first-order chi connectivity index (χ1) is 44.2. The fraction of sp³-hybridized carbons (Fsp3) is 0.597. The number of Topliss-reactive ketones (excluding diaryl/α,β-unsaturated/α-hetero) is 5. The highest BCUT2D eigenvalue weighted by Gasteiger charge is 2.35. The summed E-state index contributed by atoms with van der Waals surface area (Å²) in [6.07, 6.45) is 5.65. The van der Waals surface area contributed by atoms with E-state index >= 15 is 0 Å². The number of benzene rings is 2. The third-order valence-corrected chi connectivity index (χ3v) is 16.3. The smallest absolute Gasteiger partial charge is 0.326 e. The monoisotopic (exact) mass is 1290 g/mol. The van der Waals surface area contributed by atoms with Gasteiger partial charge in [-0.1, -0.05) is 105 Å². The second-order valence-electron chi connectivity index (χ2n) is 25.3. The molecule has 4 rings (SSSR count). The Morgan fingerprint density at radius 2 is 0.968 bits per heavy atom. The molecule has 510 valence electrons. The number of nitrogens with zero attached hydrogens (tertiary/aromatic N) is 6. The van der Waals surface area contributed by atoms with E-state index in [4.69, 9.17) is 17.2 Å². The van der Waals surface area contributed by atoms with Crippen LogP contribution < -0.4 is 38.5 Å². The predicted octanol–water partition coefficient (Wildman–Crippen LogP) is 4.15. The van der Waals surface area contributed by atoms with Crippen LogP contribution >= 0.6 is 0 Å². The average Bonchev–Trinajstić information content (AvgIpc) is 1.37. The number of unbranched alkanes of at least 4 members (excludes halogenated alkanes) is 3. The SMILES string of the molecule is CC(=O)N[C@@H](CCCCn1nncc1C[C@@H](N)C(=O)CCC(=O)N[C@H](CC(C)C)C(=O)C[C@H](CC(C)C)C(=O)N[C@H](Cc1ccccc1)C(=O)C[C@H](Cc1ccccc1)C(=O)NC(CCCCN)C(=O)C[C@H](CCCCn1nncc1C[C@@H](N)C(C)=O)C(=O)O)C(=O)O. The number of nitrogens with two attached hydrogens (primary N) is 3. The van der Waals surface area contributed by atoms with Gasteiger partial charge < -0.3 is 48.7 Å². The largest absolute Gasteiger partial charge is 0.481 e. The van der Waals surface area contributed by atoms with Gasteiger partial charge >= 0.3 is 11.9 Å². The van der Waals surface area contributed by atoms with Gasteiger partial charge in [0.15, 0.2) is 17.3 Å². The summed E-state index contributed by atoms with van der Waals surface area (Å²) in [6, 6.07) is 11.9. The number of aromatic nitrogens is 6. The Labute approximate surface area is 544 Å². The van der Waals surface area contributed by atoms with Gasteiger partial charge in [-0.3, -0.25) is 47.9 Å². The van der Waals surface area contributed by atoms with Crippen molar-refractivity contribution >= 4 is 64.5 Å². The van der Waals surface area contributed by atoms with Crippen LogP contribution in [-0.4, -0.2) is 147 Å². The summed E-state index contributed by atoms with van der Waals surface area (Å²) in [4.78, 5) is 147. The fourth-order valence-corrected chi connectivity index (χ4v) is 11.1. The van der Waals surface area contributed by atoms with Crippen LogP contribution in [-0.2, 0) is 91.5 Å². The molecule has 2 heterocycles. The zero-order valence-electron chi connectivity index (χ0n) is 54.8. The van der Waals surface area contributed by atoms with Crippen LogP contribution in [0.15, 0.2) is 73.1 Å². The number of carboxylic acids is 2. The van der Waals surface area contributed by atoms with Crippen molar-refractivity contribution in [3.63, 3.8) is 0 Å². The summed E-state index contributed by atoms with van der Waals surface area (Å²) < 4.78 is 3.18. The van der Waals surface area contributed by atoms with Crippen molar-refractivity contribution in [3.05, 3.63) is 95.6 Å². The molecule has 93 heavy (non-hydrogen) atoms. The Bertz CT molecular complexity index is 3060. The lowest BCUT2D eigenvalue weighted by atomic mass is 9.86. The molecule has 0 fully saturated rings. The number of aliphatic carboxylic acids is 2. The van der Waals surface area contributed by atoms with E-state index in [1.54, 1.807) is 45.8 Å². The van der Waals surface area contributed by atoms with Crippen molar-refractivity contribution in [2.75, 3.05) is 6.54 Å². The zero-order chi connectivity index (χ0) is 68.6. The molecule has 0 bridgehead atoms. The van der Waals surface area contributed by atoms with Gasteiger partial charge in [0.1, 0.15) is 17.6 Å². The molecule has 9 atom stereocenters. The first-order valence-electron chi connectivity index (χ1n) is 32.5. The van der Waals surface area contributed by atoms with Crippen LogP contribution in [0.4, 0.5) is 0 Å². The molecule has 0 aliphatic heterocycles. The second kappa shape index (κ2) is 40.7. The summed E-state index contributed by atoms with van der Waals surface area (Å²) in [5.74, 6) is -9.78. The number of rotatable bonds is 48. The Morgan fingerprint density at radius 3 is 1.51 bits per heavy atom. The first-order valence-corrected chi connectivity index (χ1v) is 32.5. The minimum atomic E-state index is -1.18. The second-order valence-corrected chi connectivity index (χ2v) is 25.3. The third kappa shape index (κ3) is 28.7. The Balaban J connectivity index is 1.48. The number of hydrogen-bond donors (Lipinski definition) is 9. The van der Waals surface area contributed by atoms with E-state index in [1.807, 2.05) is 52.0 Å². The highest BCUT2D eigenvalue weighted by Crippen LogP contribution is 2.24. The highest BCUT2D eigenvalue weighted by molar-refractivity contribution is 5.97. The molecule has 0 spiro atoms. The van der Waals surface area contributed by atoms with E-state index in [-0.39, 0.29) is 108 Å². The van der Waals surface area contributed by atoms with E-state index in [1.165, 1.54) is 26.2 Å². The normalized spacial score (nSPS) is 14.4. The number of hydrogen-bond acceptors (Lipinski definition) is 18. The van der Waals surface area contributed by atoms with Crippen molar-refractivity contribution in [1.29, 1.82) is 0 Å². The van der Waals surface area contributed by atoms with Crippen molar-refractivity contribution in [2.45, 2.75) is 219 Å². The summed E-state index contributed by atoms with van der Waals surface area (Å²) >= 11 is 0. The molecular weight excluding hydrogens is 1190 g/mol. The fourth-order valence-electron chi connectivity index (χ4n) is 11.1. The van der Waals surface area contributed by atoms with Crippen LogP contribution in [0.5, 0.6) is 0 Å². The van der Waals surface area contributed by atoms with Gasteiger partial charge in [-0.2, -0.15) is 0 Å². The van der Waals surface area contributed by atoms with Crippen LogP contribution in [0, 0.1) is 29.6 Å². The Kier molecular flexibility index (Phi) is 33.8. The third-order valence-electron chi connectivity index (χ3n) is 16.3. The van der Waals surface area contributed by atoms with Crippen LogP contribution in [0.3, 0.4) is 0 Å². The molecule has 2 aromatic carbocycles. The van der Waals surface area contributed by atoms with E-state index in [9.17, 15) is 63.0 Å². The van der Waals surface area contributed by atoms with Gasteiger partial charge in [0.2, 0.25) is 23.6 Å². The molecule has 0 radical (unpaired) electrons. The van der Waals surface area contributed by atoms with Gasteiger partial charge in [-0.05, 0) is 113 Å². The minimum absolute atomic E-state index is 0.0336. The number of carbonyl (C=O) groups is 11. The van der Waals surface area contributed by atoms with Crippen LogP contribution in [0.2, 0.25) is 0 Å². The van der Waals surface area contributed by atoms with E-state index in [0.717, 1.165) is 5.56 Å². The summed E-state index contributed by atoms with van der Waals surface area (Å²) in [7, 11) is 0. The number of nitrogens with one attached hydrogen (secondary N) is 4. The van der Waals surface area contributed by atoms with E-state index in [0.29, 0.717) is 75.1 Å². The predicted molar refractivity (Wildman–Crippen MR) is 346 cm³/mol. The molecule has 0 aliphatic rings. The van der Waals surface area contributed by atoms with Crippen molar-refractivity contribution in [2.24, 2.45) is 46.8 Å². The number of amides is 4. The maximum atomic E-state index is 15.0. The summed E-state index contributed by atoms with van der Waals surface area (Å²) in [5.41, 5.74) is 20.8. The lowest BCUT2D eigenvalue weighted by Crippen LogP contribution is -2.49. The number of carboxylic acid groups (broad SMARTS) is 2. The van der Waals surface area contributed by atoms with E-state index < -0.39 is 113 Å². The summed E-state index contributed by atoms with van der Waals surface area (Å²) in [5, 5.41) is 46.8. The minimum Gasteiger partial charge on any atom is -0.481 e. The maximum absolute atomic E-state index is 15.0. The quantitative estimate of drug-likeness (QED) is 0.0280. The Hall–Kier alpha value is -8.23.